The van der Waals surface area contributed by atoms with E-state index in [0.717, 1.165) is 12.3 Å². The van der Waals surface area contributed by atoms with E-state index in [-0.39, 0.29) is 6.04 Å². The quantitative estimate of drug-likeness (QED) is 0.786. The van der Waals surface area contributed by atoms with E-state index in [1.54, 1.807) is 0 Å². The molecule has 2 atom stereocenters. The summed E-state index contributed by atoms with van der Waals surface area (Å²) in [5.74, 6) is 0.794. The summed E-state index contributed by atoms with van der Waals surface area (Å²) in [6.07, 6.45) is 8.58. The smallest absolute Gasteiger partial charge is 0.0951 e. The van der Waals surface area contributed by atoms with Crippen molar-refractivity contribution < 1.29 is 0 Å². The molecule has 0 aromatic carbocycles. The zero-order valence-electron chi connectivity index (χ0n) is 11.7. The lowest BCUT2D eigenvalue weighted by molar-refractivity contribution is 0.430. The molecule has 0 spiro atoms. The Bertz CT molecular complexity index is 317. The summed E-state index contributed by atoms with van der Waals surface area (Å²) in [7, 11) is 0. The molecule has 1 aromatic heterocycles. The minimum Gasteiger partial charge on any atom is -0.330 e. The first kappa shape index (κ1) is 14.2. The Morgan fingerprint density at radius 3 is 2.59 bits per heavy atom. The molecular formula is C14H27N3. The van der Waals surface area contributed by atoms with Crippen LogP contribution in [0.3, 0.4) is 0 Å². The molecule has 3 nitrogen and oxygen atoms in total. The van der Waals surface area contributed by atoms with E-state index < -0.39 is 0 Å². The highest BCUT2D eigenvalue weighted by atomic mass is 15.1. The van der Waals surface area contributed by atoms with Gasteiger partial charge in [0.25, 0.3) is 0 Å². The zero-order valence-corrected chi connectivity index (χ0v) is 11.7. The largest absolute Gasteiger partial charge is 0.330 e. The molecule has 17 heavy (non-hydrogen) atoms. The maximum atomic E-state index is 6.09. The molecule has 0 amide bonds. The van der Waals surface area contributed by atoms with E-state index in [0.29, 0.717) is 6.04 Å². The molecule has 0 bridgehead atoms. The van der Waals surface area contributed by atoms with Gasteiger partial charge in [0.2, 0.25) is 0 Å². The van der Waals surface area contributed by atoms with Crippen LogP contribution in [0.15, 0.2) is 12.5 Å². The van der Waals surface area contributed by atoms with Gasteiger partial charge in [-0.05, 0) is 25.7 Å². The SMILES string of the molecule is CC[C@@H](N)c1cncn1C(C)CCCC(C)C. The number of hydrogen-bond donors (Lipinski definition) is 1. The Labute approximate surface area is 105 Å². The third-order valence-corrected chi connectivity index (χ3v) is 3.39. The Morgan fingerprint density at radius 2 is 2.00 bits per heavy atom. The zero-order chi connectivity index (χ0) is 12.8. The number of rotatable bonds is 7. The first-order chi connectivity index (χ1) is 8.06. The van der Waals surface area contributed by atoms with Gasteiger partial charge >= 0.3 is 0 Å². The van der Waals surface area contributed by atoms with E-state index in [2.05, 4.69) is 37.2 Å². The van der Waals surface area contributed by atoms with Crippen molar-refractivity contribution in [3.05, 3.63) is 18.2 Å². The van der Waals surface area contributed by atoms with Gasteiger partial charge in [0, 0.05) is 18.3 Å². The summed E-state index contributed by atoms with van der Waals surface area (Å²) in [4.78, 5) is 4.24. The van der Waals surface area contributed by atoms with Crippen LogP contribution in [0.4, 0.5) is 0 Å². The van der Waals surface area contributed by atoms with Gasteiger partial charge in [0.15, 0.2) is 0 Å². The third kappa shape index (κ3) is 4.15. The van der Waals surface area contributed by atoms with Crippen molar-refractivity contribution in [1.82, 2.24) is 9.55 Å². The van der Waals surface area contributed by atoms with Crippen molar-refractivity contribution in [2.24, 2.45) is 11.7 Å². The van der Waals surface area contributed by atoms with Crippen LogP contribution in [0.1, 0.15) is 71.2 Å². The molecule has 0 aliphatic carbocycles. The van der Waals surface area contributed by atoms with Crippen molar-refractivity contribution in [3.8, 4) is 0 Å². The van der Waals surface area contributed by atoms with Crippen LogP contribution < -0.4 is 5.73 Å². The Kier molecular flexibility index (Phi) is 5.69. The lowest BCUT2D eigenvalue weighted by atomic mass is 10.0. The van der Waals surface area contributed by atoms with Crippen LogP contribution in [-0.4, -0.2) is 9.55 Å². The van der Waals surface area contributed by atoms with E-state index in [4.69, 9.17) is 5.73 Å². The topological polar surface area (TPSA) is 43.8 Å². The van der Waals surface area contributed by atoms with Gasteiger partial charge in [-0.2, -0.15) is 0 Å². The number of nitrogens with two attached hydrogens (primary N) is 1. The van der Waals surface area contributed by atoms with E-state index in [1.165, 1.54) is 25.0 Å². The van der Waals surface area contributed by atoms with Gasteiger partial charge in [-0.25, -0.2) is 4.98 Å². The molecule has 0 fully saturated rings. The maximum absolute atomic E-state index is 6.09. The van der Waals surface area contributed by atoms with E-state index in [9.17, 15) is 0 Å². The average Bonchev–Trinajstić information content (AvgIpc) is 2.76. The fourth-order valence-electron chi connectivity index (χ4n) is 2.14. The normalized spacial score (nSPS) is 15.2. The van der Waals surface area contributed by atoms with Crippen molar-refractivity contribution in [2.75, 3.05) is 0 Å². The van der Waals surface area contributed by atoms with Crippen LogP contribution >= 0.6 is 0 Å². The molecule has 3 heteroatoms. The molecule has 1 rings (SSSR count). The summed E-state index contributed by atoms with van der Waals surface area (Å²) in [6.45, 7) is 8.93. The molecule has 0 aliphatic heterocycles. The highest BCUT2D eigenvalue weighted by Crippen LogP contribution is 2.22. The summed E-state index contributed by atoms with van der Waals surface area (Å²) in [5, 5.41) is 0. The molecule has 1 aromatic rings. The molecule has 2 N–H and O–H groups in total. The predicted molar refractivity (Wildman–Crippen MR) is 72.8 cm³/mol. The Morgan fingerprint density at radius 1 is 1.29 bits per heavy atom. The lowest BCUT2D eigenvalue weighted by Gasteiger charge is -2.19. The van der Waals surface area contributed by atoms with Crippen molar-refractivity contribution >= 4 is 0 Å². The maximum Gasteiger partial charge on any atom is 0.0951 e. The molecule has 1 heterocycles. The first-order valence-corrected chi connectivity index (χ1v) is 6.83. The van der Waals surface area contributed by atoms with Gasteiger partial charge in [-0.3, -0.25) is 0 Å². The second-order valence-electron chi connectivity index (χ2n) is 5.41. The van der Waals surface area contributed by atoms with Gasteiger partial charge in [-0.1, -0.05) is 33.6 Å². The van der Waals surface area contributed by atoms with Crippen LogP contribution in [0.2, 0.25) is 0 Å². The molecule has 0 saturated heterocycles. The number of hydrogen-bond acceptors (Lipinski definition) is 2. The summed E-state index contributed by atoms with van der Waals surface area (Å²) < 4.78 is 2.24. The fourth-order valence-corrected chi connectivity index (χ4v) is 2.14. The Hall–Kier alpha value is -0.830. The van der Waals surface area contributed by atoms with Crippen molar-refractivity contribution in [1.29, 1.82) is 0 Å². The third-order valence-electron chi connectivity index (χ3n) is 3.39. The highest BCUT2D eigenvalue weighted by Gasteiger charge is 2.13. The summed E-state index contributed by atoms with van der Waals surface area (Å²) >= 11 is 0. The Balaban J connectivity index is 2.56. The standard InChI is InChI=1S/C14H27N3/c1-5-13(15)14-9-16-10-17(14)12(4)8-6-7-11(2)3/h9-13H,5-8,15H2,1-4H3/t12?,13-/m1/s1. The van der Waals surface area contributed by atoms with E-state index in [1.807, 2.05) is 12.5 Å². The molecule has 0 aliphatic rings. The van der Waals surface area contributed by atoms with Gasteiger partial charge in [-0.15, -0.1) is 0 Å². The monoisotopic (exact) mass is 237 g/mol. The molecule has 0 saturated carbocycles. The van der Waals surface area contributed by atoms with Crippen molar-refractivity contribution in [2.45, 2.75) is 65.5 Å². The second kappa shape index (κ2) is 6.80. The molecule has 0 radical (unpaired) electrons. The van der Waals surface area contributed by atoms with Gasteiger partial charge in [0.1, 0.15) is 0 Å². The van der Waals surface area contributed by atoms with Crippen LogP contribution in [-0.2, 0) is 0 Å². The minimum atomic E-state index is 0.116. The molecule has 1 unspecified atom stereocenters. The van der Waals surface area contributed by atoms with Crippen LogP contribution in [0, 0.1) is 5.92 Å². The lowest BCUT2D eigenvalue weighted by Crippen LogP contribution is -2.16. The van der Waals surface area contributed by atoms with Crippen molar-refractivity contribution in [3.63, 3.8) is 0 Å². The van der Waals surface area contributed by atoms with E-state index >= 15 is 0 Å². The van der Waals surface area contributed by atoms with Crippen LogP contribution in [0.5, 0.6) is 0 Å². The van der Waals surface area contributed by atoms with Gasteiger partial charge < -0.3 is 10.3 Å². The predicted octanol–water partition coefficient (Wildman–Crippen LogP) is 3.68. The highest BCUT2D eigenvalue weighted by molar-refractivity contribution is 5.05. The fraction of sp³-hybridized carbons (Fsp3) is 0.786. The molecular weight excluding hydrogens is 210 g/mol. The number of nitrogens with zero attached hydrogens (tertiary/aromatic N) is 2. The number of imidazole rings is 1. The second-order valence-corrected chi connectivity index (χ2v) is 5.41. The molecule has 98 valence electrons. The number of aromatic nitrogens is 2. The minimum absolute atomic E-state index is 0.116. The van der Waals surface area contributed by atoms with Gasteiger partial charge in [0.05, 0.1) is 12.0 Å². The summed E-state index contributed by atoms with van der Waals surface area (Å²) in [5.41, 5.74) is 7.26. The first-order valence-electron chi connectivity index (χ1n) is 6.83. The van der Waals surface area contributed by atoms with Crippen LogP contribution in [0.25, 0.3) is 0 Å². The summed E-state index contributed by atoms with van der Waals surface area (Å²) in [6, 6.07) is 0.619. The average molecular weight is 237 g/mol.